The van der Waals surface area contributed by atoms with Crippen LogP contribution < -0.4 is 14.4 Å². The predicted octanol–water partition coefficient (Wildman–Crippen LogP) is 6.31. The summed E-state index contributed by atoms with van der Waals surface area (Å²) in [4.78, 5) is 28.4. The van der Waals surface area contributed by atoms with Crippen molar-refractivity contribution >= 4 is 27.5 Å². The number of amides is 2. The van der Waals surface area contributed by atoms with E-state index in [1.54, 1.807) is 61.5 Å². The highest BCUT2D eigenvalue weighted by Gasteiger charge is 2.33. The molecule has 0 saturated heterocycles. The maximum Gasteiger partial charge on any atom is 0.264 e. The molecular formula is C35H38FN3O5S. The number of nitrogens with zero attached hydrogens (tertiary/aromatic N) is 2. The van der Waals surface area contributed by atoms with Crippen LogP contribution in [0.25, 0.3) is 0 Å². The molecule has 0 heterocycles. The quantitative estimate of drug-likeness (QED) is 0.187. The van der Waals surface area contributed by atoms with Gasteiger partial charge >= 0.3 is 0 Å². The van der Waals surface area contributed by atoms with Gasteiger partial charge in [0.2, 0.25) is 11.8 Å². The van der Waals surface area contributed by atoms with Crippen molar-refractivity contribution in [2.45, 2.75) is 45.2 Å². The number of nitrogens with one attached hydrogen (secondary N) is 1. The minimum absolute atomic E-state index is 0.00566. The van der Waals surface area contributed by atoms with Crippen LogP contribution in [0, 0.1) is 18.7 Å². The number of carbonyl (C=O) groups is 2. The fourth-order valence-electron chi connectivity index (χ4n) is 4.52. The van der Waals surface area contributed by atoms with Crippen molar-refractivity contribution in [2.75, 3.05) is 17.4 Å². The molecule has 2 amide bonds. The maximum atomic E-state index is 14.7. The standard InChI is InChI=1S/C35H38FN3O5S/c1-25(2)22-37-35(41)27(4)38(23-28-10-8-9-13-33(28)36)34(40)24-39(45(42,43)32-20-14-26(3)15-21-32)29-16-18-31(19-17-29)44-30-11-6-5-7-12-30/h5-21,25,27H,22-24H2,1-4H3,(H,37,41)/t27-/m1/s1. The Morgan fingerprint density at radius 3 is 2.04 bits per heavy atom. The summed E-state index contributed by atoms with van der Waals surface area (Å²) in [5.41, 5.74) is 1.29. The molecule has 0 bridgehead atoms. The number of benzene rings is 4. The molecule has 10 heteroatoms. The van der Waals surface area contributed by atoms with E-state index < -0.39 is 40.2 Å². The third-order valence-electron chi connectivity index (χ3n) is 7.14. The second kappa shape index (κ2) is 14.9. The van der Waals surface area contributed by atoms with Crippen molar-refractivity contribution in [2.24, 2.45) is 5.92 Å². The molecule has 0 aliphatic carbocycles. The number of anilines is 1. The Morgan fingerprint density at radius 2 is 1.42 bits per heavy atom. The van der Waals surface area contributed by atoms with Crippen LogP contribution in [0.3, 0.4) is 0 Å². The summed E-state index contributed by atoms with van der Waals surface area (Å²) in [6, 6.07) is 26.7. The monoisotopic (exact) mass is 631 g/mol. The molecule has 0 aliphatic heterocycles. The molecule has 0 fully saturated rings. The Bertz CT molecular complexity index is 1700. The van der Waals surface area contributed by atoms with Gasteiger partial charge in [-0.25, -0.2) is 12.8 Å². The molecule has 4 aromatic rings. The predicted molar refractivity (Wildman–Crippen MR) is 173 cm³/mol. The second-order valence-corrected chi connectivity index (χ2v) is 13.0. The van der Waals surface area contributed by atoms with Gasteiger partial charge in [0, 0.05) is 18.7 Å². The van der Waals surface area contributed by atoms with Crippen molar-refractivity contribution < 1.29 is 27.1 Å². The first kappa shape index (κ1) is 33.2. The molecule has 236 valence electrons. The van der Waals surface area contributed by atoms with E-state index in [9.17, 15) is 22.4 Å². The highest BCUT2D eigenvalue weighted by molar-refractivity contribution is 7.92. The van der Waals surface area contributed by atoms with Crippen LogP contribution in [0.15, 0.2) is 108 Å². The van der Waals surface area contributed by atoms with E-state index >= 15 is 0 Å². The van der Waals surface area contributed by atoms with Gasteiger partial charge in [-0.05, 0) is 74.4 Å². The maximum absolute atomic E-state index is 14.7. The zero-order valence-electron chi connectivity index (χ0n) is 25.8. The van der Waals surface area contributed by atoms with Crippen LogP contribution in [0.1, 0.15) is 31.9 Å². The average molecular weight is 632 g/mol. The third-order valence-corrected chi connectivity index (χ3v) is 8.93. The van der Waals surface area contributed by atoms with Gasteiger partial charge in [-0.1, -0.05) is 67.9 Å². The number of aryl methyl sites for hydroxylation is 1. The van der Waals surface area contributed by atoms with Gasteiger partial charge < -0.3 is 15.0 Å². The number of ether oxygens (including phenoxy) is 1. The molecule has 0 spiro atoms. The van der Waals surface area contributed by atoms with Gasteiger partial charge in [0.1, 0.15) is 29.9 Å². The minimum Gasteiger partial charge on any atom is -0.457 e. The Kier molecular flexibility index (Phi) is 11.0. The molecule has 1 N–H and O–H groups in total. The van der Waals surface area contributed by atoms with Crippen molar-refractivity contribution in [1.82, 2.24) is 10.2 Å². The number of carbonyl (C=O) groups excluding carboxylic acids is 2. The SMILES string of the molecule is Cc1ccc(S(=O)(=O)N(CC(=O)N(Cc2ccccc2F)[C@H](C)C(=O)NCC(C)C)c2ccc(Oc3ccccc3)cc2)cc1. The average Bonchev–Trinajstić information content (AvgIpc) is 3.02. The van der Waals surface area contributed by atoms with Crippen molar-refractivity contribution in [3.8, 4) is 11.5 Å². The molecule has 0 saturated carbocycles. The van der Waals surface area contributed by atoms with Crippen molar-refractivity contribution in [3.63, 3.8) is 0 Å². The Labute approximate surface area is 264 Å². The molecule has 8 nitrogen and oxygen atoms in total. The van der Waals surface area contributed by atoms with Crippen LogP contribution in [0.2, 0.25) is 0 Å². The number of para-hydroxylation sites is 1. The molecule has 0 unspecified atom stereocenters. The summed E-state index contributed by atoms with van der Waals surface area (Å²) >= 11 is 0. The van der Waals surface area contributed by atoms with Gasteiger partial charge in [0.05, 0.1) is 10.6 Å². The van der Waals surface area contributed by atoms with E-state index in [4.69, 9.17) is 4.74 Å². The molecule has 1 atom stereocenters. The van der Waals surface area contributed by atoms with E-state index in [0.29, 0.717) is 18.0 Å². The van der Waals surface area contributed by atoms with Gasteiger partial charge in [-0.15, -0.1) is 0 Å². The molecule has 45 heavy (non-hydrogen) atoms. The van der Waals surface area contributed by atoms with Crippen molar-refractivity contribution in [3.05, 3.63) is 120 Å². The van der Waals surface area contributed by atoms with E-state index in [-0.39, 0.29) is 28.6 Å². The van der Waals surface area contributed by atoms with Crippen LogP contribution in [-0.2, 0) is 26.2 Å². The van der Waals surface area contributed by atoms with Gasteiger partial charge in [-0.2, -0.15) is 0 Å². The molecule has 0 aromatic heterocycles. The fraction of sp³-hybridized carbons (Fsp3) is 0.257. The third kappa shape index (κ3) is 8.69. The molecular weight excluding hydrogens is 593 g/mol. The van der Waals surface area contributed by atoms with E-state index in [1.165, 1.54) is 35.2 Å². The topological polar surface area (TPSA) is 96.0 Å². The number of hydrogen-bond donors (Lipinski definition) is 1. The van der Waals surface area contributed by atoms with Crippen molar-refractivity contribution in [1.29, 1.82) is 0 Å². The fourth-order valence-corrected chi connectivity index (χ4v) is 5.93. The summed E-state index contributed by atoms with van der Waals surface area (Å²) in [5.74, 6) is -0.391. The number of sulfonamides is 1. The molecule has 0 radical (unpaired) electrons. The highest BCUT2D eigenvalue weighted by Crippen LogP contribution is 2.29. The van der Waals surface area contributed by atoms with Gasteiger partial charge in [0.15, 0.2) is 0 Å². The lowest BCUT2D eigenvalue weighted by atomic mass is 10.1. The van der Waals surface area contributed by atoms with Crippen LogP contribution in [0.5, 0.6) is 11.5 Å². The highest BCUT2D eigenvalue weighted by atomic mass is 32.2. The summed E-state index contributed by atoms with van der Waals surface area (Å²) in [6.07, 6.45) is 0. The normalized spacial score (nSPS) is 12.0. The van der Waals surface area contributed by atoms with E-state index in [0.717, 1.165) is 9.87 Å². The first-order valence-electron chi connectivity index (χ1n) is 14.7. The van der Waals surface area contributed by atoms with Crippen LogP contribution >= 0.6 is 0 Å². The summed E-state index contributed by atoms with van der Waals surface area (Å²) < 4.78 is 49.7. The first-order chi connectivity index (χ1) is 21.5. The van der Waals surface area contributed by atoms with Gasteiger partial charge in [-0.3, -0.25) is 13.9 Å². The van der Waals surface area contributed by atoms with Crippen LogP contribution in [-0.4, -0.2) is 44.3 Å². The first-order valence-corrected chi connectivity index (χ1v) is 16.1. The largest absolute Gasteiger partial charge is 0.457 e. The van der Waals surface area contributed by atoms with Crippen LogP contribution in [0.4, 0.5) is 10.1 Å². The summed E-state index contributed by atoms with van der Waals surface area (Å²) in [5, 5.41) is 2.82. The number of hydrogen-bond acceptors (Lipinski definition) is 5. The lowest BCUT2D eigenvalue weighted by molar-refractivity contribution is -0.139. The van der Waals surface area contributed by atoms with E-state index in [2.05, 4.69) is 5.32 Å². The van der Waals surface area contributed by atoms with E-state index in [1.807, 2.05) is 39.0 Å². The number of rotatable bonds is 13. The zero-order chi connectivity index (χ0) is 32.6. The second-order valence-electron chi connectivity index (χ2n) is 11.2. The Hall–Kier alpha value is -4.70. The lowest BCUT2D eigenvalue weighted by Crippen LogP contribution is -2.51. The molecule has 4 rings (SSSR count). The summed E-state index contributed by atoms with van der Waals surface area (Å²) in [6.45, 7) is 6.79. The zero-order valence-corrected chi connectivity index (χ0v) is 26.6. The smallest absolute Gasteiger partial charge is 0.264 e. The van der Waals surface area contributed by atoms with Gasteiger partial charge in [0.25, 0.3) is 10.0 Å². The number of halogens is 1. The lowest BCUT2D eigenvalue weighted by Gasteiger charge is -2.32. The molecule has 0 aliphatic rings. The Balaban J connectivity index is 1.70. The minimum atomic E-state index is -4.25. The Morgan fingerprint density at radius 1 is 0.822 bits per heavy atom. The molecule has 4 aromatic carbocycles. The summed E-state index contributed by atoms with van der Waals surface area (Å²) in [7, 11) is -4.25.